The van der Waals surface area contributed by atoms with E-state index in [-0.39, 0.29) is 42.5 Å². The van der Waals surface area contributed by atoms with Crippen molar-refractivity contribution < 1.29 is 28.6 Å². The van der Waals surface area contributed by atoms with Crippen molar-refractivity contribution in [3.05, 3.63) is 63.3 Å². The summed E-state index contributed by atoms with van der Waals surface area (Å²) in [6.07, 6.45) is 1.21. The molecule has 0 aliphatic carbocycles. The first-order valence-electron chi connectivity index (χ1n) is 10.8. The number of carbonyl (C=O) groups excluding carboxylic acids is 2. The fraction of sp³-hybridized carbons (Fsp3) is 0.333. The molecule has 0 bridgehead atoms. The van der Waals surface area contributed by atoms with E-state index in [9.17, 15) is 23.9 Å². The largest absolute Gasteiger partial charge is 0.505 e. The van der Waals surface area contributed by atoms with Crippen molar-refractivity contribution in [2.75, 3.05) is 20.2 Å². The SMILES string of the molecule is CCOC(=O)c1c(O)c2ncc(Cc3ccc(F)cc3)c3c2n(c1=O)CC(CN(C)C(C)=O)O3. The molecule has 10 heteroatoms. The Labute approximate surface area is 194 Å². The molecule has 0 spiro atoms. The van der Waals surface area contributed by atoms with Crippen molar-refractivity contribution in [2.24, 2.45) is 0 Å². The van der Waals surface area contributed by atoms with Gasteiger partial charge in [-0.25, -0.2) is 9.18 Å². The Morgan fingerprint density at radius 3 is 2.68 bits per heavy atom. The van der Waals surface area contributed by atoms with Gasteiger partial charge in [0.1, 0.15) is 23.0 Å². The maximum Gasteiger partial charge on any atom is 0.347 e. The van der Waals surface area contributed by atoms with Crippen molar-refractivity contribution in [3.8, 4) is 11.5 Å². The zero-order chi connectivity index (χ0) is 24.6. The molecule has 4 rings (SSSR count). The summed E-state index contributed by atoms with van der Waals surface area (Å²) in [6, 6.07) is 5.94. The van der Waals surface area contributed by atoms with Crippen LogP contribution in [0.25, 0.3) is 11.0 Å². The van der Waals surface area contributed by atoms with E-state index < -0.39 is 28.9 Å². The highest BCUT2D eigenvalue weighted by molar-refractivity contribution is 6.00. The van der Waals surface area contributed by atoms with Gasteiger partial charge in [-0.2, -0.15) is 0 Å². The van der Waals surface area contributed by atoms with E-state index in [0.717, 1.165) is 5.56 Å². The average Bonchev–Trinajstić information content (AvgIpc) is 2.79. The Hall–Kier alpha value is -3.95. The van der Waals surface area contributed by atoms with Crippen LogP contribution in [0.2, 0.25) is 0 Å². The molecule has 1 aliphatic rings. The van der Waals surface area contributed by atoms with Gasteiger partial charge >= 0.3 is 5.97 Å². The number of esters is 1. The summed E-state index contributed by atoms with van der Waals surface area (Å²) in [6.45, 7) is 3.27. The predicted molar refractivity (Wildman–Crippen MR) is 121 cm³/mol. The number of aromatic hydroxyl groups is 1. The number of benzene rings is 1. The highest BCUT2D eigenvalue weighted by Gasteiger charge is 2.32. The lowest BCUT2D eigenvalue weighted by Gasteiger charge is -2.31. The normalized spacial score (nSPS) is 14.5. The molecular formula is C24H24FN3O6. The molecule has 1 aromatic carbocycles. The first-order chi connectivity index (χ1) is 16.2. The summed E-state index contributed by atoms with van der Waals surface area (Å²) in [7, 11) is 1.62. The van der Waals surface area contributed by atoms with Crippen LogP contribution in [0.15, 0.2) is 35.3 Å². The fourth-order valence-corrected chi connectivity index (χ4v) is 3.98. The number of likely N-dealkylation sites (N-methyl/N-ethyl adjacent to an activating group) is 1. The van der Waals surface area contributed by atoms with Gasteiger partial charge < -0.3 is 19.5 Å². The first kappa shape index (κ1) is 23.2. The van der Waals surface area contributed by atoms with Crippen molar-refractivity contribution in [3.63, 3.8) is 0 Å². The molecule has 3 aromatic rings. The van der Waals surface area contributed by atoms with Gasteiger partial charge in [-0.05, 0) is 24.6 Å². The molecule has 0 saturated carbocycles. The summed E-state index contributed by atoms with van der Waals surface area (Å²) in [5.74, 6) is -1.75. The van der Waals surface area contributed by atoms with Crippen molar-refractivity contribution in [1.29, 1.82) is 0 Å². The number of ether oxygens (including phenoxy) is 2. The van der Waals surface area contributed by atoms with Crippen molar-refractivity contribution in [1.82, 2.24) is 14.5 Å². The summed E-state index contributed by atoms with van der Waals surface area (Å²) in [5.41, 5.74) is 0.428. The van der Waals surface area contributed by atoms with Gasteiger partial charge in [0.15, 0.2) is 17.1 Å². The van der Waals surface area contributed by atoms with E-state index in [4.69, 9.17) is 9.47 Å². The topological polar surface area (TPSA) is 111 Å². The zero-order valence-electron chi connectivity index (χ0n) is 19.0. The van der Waals surface area contributed by atoms with Crippen LogP contribution in [0.3, 0.4) is 0 Å². The van der Waals surface area contributed by atoms with Crippen LogP contribution in [0, 0.1) is 5.82 Å². The predicted octanol–water partition coefficient (Wildman–Crippen LogP) is 2.25. The number of nitrogens with zero attached hydrogens (tertiary/aromatic N) is 3. The third-order valence-electron chi connectivity index (χ3n) is 5.74. The molecule has 0 saturated heterocycles. The zero-order valence-corrected chi connectivity index (χ0v) is 19.0. The Balaban J connectivity index is 1.90. The molecule has 1 atom stereocenters. The van der Waals surface area contributed by atoms with E-state index in [1.807, 2.05) is 0 Å². The highest BCUT2D eigenvalue weighted by atomic mass is 19.1. The average molecular weight is 469 g/mol. The molecule has 0 radical (unpaired) electrons. The minimum absolute atomic E-state index is 0.0267. The molecule has 1 unspecified atom stereocenters. The van der Waals surface area contributed by atoms with E-state index in [0.29, 0.717) is 17.7 Å². The van der Waals surface area contributed by atoms with Crippen LogP contribution < -0.4 is 10.3 Å². The lowest BCUT2D eigenvalue weighted by Crippen LogP contribution is -2.43. The Morgan fingerprint density at radius 1 is 1.32 bits per heavy atom. The molecule has 1 N–H and O–H groups in total. The van der Waals surface area contributed by atoms with Crippen LogP contribution in [-0.2, 0) is 22.5 Å². The summed E-state index contributed by atoms with van der Waals surface area (Å²) in [4.78, 5) is 43.3. The monoisotopic (exact) mass is 469 g/mol. The number of halogens is 1. The van der Waals surface area contributed by atoms with E-state index in [1.54, 1.807) is 26.1 Å². The third-order valence-corrected chi connectivity index (χ3v) is 5.74. The van der Waals surface area contributed by atoms with Gasteiger partial charge in [0.2, 0.25) is 5.91 Å². The highest BCUT2D eigenvalue weighted by Crippen LogP contribution is 2.37. The van der Waals surface area contributed by atoms with Crippen LogP contribution in [0.5, 0.6) is 11.5 Å². The maximum absolute atomic E-state index is 13.4. The van der Waals surface area contributed by atoms with E-state index in [2.05, 4.69) is 4.98 Å². The standard InChI is InChI=1S/C24H24FN3O6/c1-4-33-24(32)18-21(30)19-20-22(15(10-26-19)9-14-5-7-16(25)8-6-14)34-17(11-27(3)13(2)29)12-28(20)23(18)31/h5-8,10,17,30H,4,9,11-12H2,1-3H3. The quantitative estimate of drug-likeness (QED) is 0.551. The molecule has 1 aliphatic heterocycles. The number of hydrogen-bond acceptors (Lipinski definition) is 7. The number of rotatable bonds is 6. The van der Waals surface area contributed by atoms with E-state index in [1.165, 1.54) is 34.7 Å². The van der Waals surface area contributed by atoms with Gasteiger partial charge in [-0.3, -0.25) is 19.1 Å². The number of aromatic nitrogens is 2. The van der Waals surface area contributed by atoms with Crippen LogP contribution in [0.1, 0.15) is 35.3 Å². The number of pyridine rings is 2. The lowest BCUT2D eigenvalue weighted by molar-refractivity contribution is -0.128. The summed E-state index contributed by atoms with van der Waals surface area (Å²) < 4.78 is 25.9. The third kappa shape index (κ3) is 4.18. The molecular weight excluding hydrogens is 445 g/mol. The molecule has 178 valence electrons. The maximum atomic E-state index is 13.4. The van der Waals surface area contributed by atoms with Crippen molar-refractivity contribution >= 4 is 22.9 Å². The summed E-state index contributed by atoms with van der Waals surface area (Å²) >= 11 is 0. The first-order valence-corrected chi connectivity index (χ1v) is 10.8. The van der Waals surface area contributed by atoms with Crippen molar-refractivity contribution in [2.45, 2.75) is 32.9 Å². The molecule has 2 aromatic heterocycles. The summed E-state index contributed by atoms with van der Waals surface area (Å²) in [5, 5.41) is 10.8. The second kappa shape index (κ2) is 9.12. The van der Waals surface area contributed by atoms with Crippen LogP contribution in [0.4, 0.5) is 4.39 Å². The minimum Gasteiger partial charge on any atom is -0.505 e. The van der Waals surface area contributed by atoms with Gasteiger partial charge in [0, 0.05) is 32.2 Å². The second-order valence-electron chi connectivity index (χ2n) is 8.11. The molecule has 1 amide bonds. The van der Waals surface area contributed by atoms with E-state index >= 15 is 0 Å². The molecule has 3 heterocycles. The number of hydrogen-bond donors (Lipinski definition) is 1. The second-order valence-corrected chi connectivity index (χ2v) is 8.11. The minimum atomic E-state index is -0.946. The van der Waals surface area contributed by atoms with Gasteiger partial charge in [-0.15, -0.1) is 0 Å². The number of amides is 1. The fourth-order valence-electron chi connectivity index (χ4n) is 3.98. The van der Waals surface area contributed by atoms with Crippen LogP contribution in [-0.4, -0.2) is 57.7 Å². The van der Waals surface area contributed by atoms with Crippen LogP contribution >= 0.6 is 0 Å². The smallest absolute Gasteiger partial charge is 0.347 e. The Bertz CT molecular complexity index is 1340. The number of carbonyl (C=O) groups is 2. The van der Waals surface area contributed by atoms with Gasteiger partial charge in [0.25, 0.3) is 5.56 Å². The molecule has 34 heavy (non-hydrogen) atoms. The van der Waals surface area contributed by atoms with Gasteiger partial charge in [0.05, 0.1) is 19.7 Å². The lowest BCUT2D eigenvalue weighted by atomic mass is 10.0. The Morgan fingerprint density at radius 2 is 2.03 bits per heavy atom. The molecule has 0 fully saturated rings. The van der Waals surface area contributed by atoms with Gasteiger partial charge in [-0.1, -0.05) is 12.1 Å². The Kier molecular flexibility index (Phi) is 6.23. The molecule has 9 nitrogen and oxygen atoms in total.